The van der Waals surface area contributed by atoms with E-state index in [1.165, 1.54) is 0 Å². The first-order chi connectivity index (χ1) is 6.02. The van der Waals surface area contributed by atoms with E-state index in [2.05, 4.69) is 5.32 Å². The molecule has 1 amide bonds. The third-order valence-electron chi connectivity index (χ3n) is 1.81. The zero-order valence-electron chi connectivity index (χ0n) is 8.22. The highest BCUT2D eigenvalue weighted by Gasteiger charge is 2.09. The van der Waals surface area contributed by atoms with Crippen LogP contribution in [0.2, 0.25) is 0 Å². The Balaban J connectivity index is 4.60. The van der Waals surface area contributed by atoms with Crippen LogP contribution in [0.4, 0.5) is 0 Å². The molecular weight excluding hydrogens is 166 g/mol. The van der Waals surface area contributed by atoms with Crippen molar-refractivity contribution in [3.8, 4) is 6.07 Å². The second kappa shape index (κ2) is 5.20. The lowest BCUT2D eigenvalue weighted by atomic mass is 10.2. The van der Waals surface area contributed by atoms with E-state index in [0.717, 1.165) is 6.42 Å². The maximum absolute atomic E-state index is 10.7. The zero-order valence-corrected chi connectivity index (χ0v) is 8.22. The molecule has 0 aliphatic heterocycles. The summed E-state index contributed by atoms with van der Waals surface area (Å²) >= 11 is 0. The lowest BCUT2D eigenvalue weighted by molar-refractivity contribution is -0.114. The van der Waals surface area contributed by atoms with Crippen LogP contribution in [0.1, 0.15) is 27.2 Å². The van der Waals surface area contributed by atoms with Crippen LogP contribution in [0.3, 0.4) is 0 Å². The van der Waals surface area contributed by atoms with Gasteiger partial charge in [-0.1, -0.05) is 6.92 Å². The third-order valence-corrected chi connectivity index (χ3v) is 1.81. The van der Waals surface area contributed by atoms with Crippen LogP contribution in [0.15, 0.2) is 11.3 Å². The number of nitrogens with one attached hydrogen (secondary N) is 1. The Hall–Kier alpha value is -1.50. The van der Waals surface area contributed by atoms with Crippen LogP contribution >= 0.6 is 0 Å². The van der Waals surface area contributed by atoms with Gasteiger partial charge in [0.05, 0.1) is 0 Å². The summed E-state index contributed by atoms with van der Waals surface area (Å²) in [6.45, 7) is 5.66. The standard InChI is InChI=1S/C9H15N3O/c1-4-6(2)12-7(3)8(5-10)9(11)13/h6,12H,4H2,1-3H3,(H2,11,13)/b8-7-. The molecule has 4 nitrogen and oxygen atoms in total. The molecule has 0 heterocycles. The predicted molar refractivity (Wildman–Crippen MR) is 50.4 cm³/mol. The maximum Gasteiger partial charge on any atom is 0.261 e. The fourth-order valence-corrected chi connectivity index (χ4v) is 0.868. The number of amides is 1. The number of hydrogen-bond acceptors (Lipinski definition) is 3. The molecule has 0 aliphatic rings. The first-order valence-corrected chi connectivity index (χ1v) is 4.20. The van der Waals surface area contributed by atoms with E-state index in [9.17, 15) is 4.79 Å². The number of nitrogens with two attached hydrogens (primary N) is 1. The molecule has 1 atom stereocenters. The van der Waals surface area contributed by atoms with Crippen molar-refractivity contribution < 1.29 is 4.79 Å². The minimum absolute atomic E-state index is 0.000278. The molecular formula is C9H15N3O. The highest BCUT2D eigenvalue weighted by atomic mass is 16.1. The van der Waals surface area contributed by atoms with Gasteiger partial charge in [-0.2, -0.15) is 5.26 Å². The normalized spacial score (nSPS) is 14.0. The Bertz CT molecular complexity index is 263. The molecule has 0 saturated carbocycles. The summed E-state index contributed by atoms with van der Waals surface area (Å²) in [6.07, 6.45) is 0.925. The van der Waals surface area contributed by atoms with Crippen LogP contribution in [0.25, 0.3) is 0 Å². The van der Waals surface area contributed by atoms with Crippen LogP contribution < -0.4 is 11.1 Å². The van der Waals surface area contributed by atoms with Gasteiger partial charge in [0.2, 0.25) is 0 Å². The summed E-state index contributed by atoms with van der Waals surface area (Å²) in [5, 5.41) is 11.6. The van der Waals surface area contributed by atoms with Gasteiger partial charge in [-0.15, -0.1) is 0 Å². The molecule has 3 N–H and O–H groups in total. The molecule has 72 valence electrons. The smallest absolute Gasteiger partial charge is 0.261 e. The number of nitrogens with zero attached hydrogens (tertiary/aromatic N) is 1. The monoisotopic (exact) mass is 181 g/mol. The van der Waals surface area contributed by atoms with Crippen molar-refractivity contribution in [1.82, 2.24) is 5.32 Å². The molecule has 0 bridgehead atoms. The van der Waals surface area contributed by atoms with Crippen molar-refractivity contribution in [2.75, 3.05) is 0 Å². The Morgan fingerprint density at radius 1 is 1.69 bits per heavy atom. The molecule has 0 fully saturated rings. The van der Waals surface area contributed by atoms with E-state index in [-0.39, 0.29) is 11.6 Å². The Morgan fingerprint density at radius 3 is 2.54 bits per heavy atom. The molecule has 0 aliphatic carbocycles. The summed E-state index contributed by atoms with van der Waals surface area (Å²) in [5.74, 6) is -0.684. The van der Waals surface area contributed by atoms with Crippen molar-refractivity contribution in [1.29, 1.82) is 5.26 Å². The van der Waals surface area contributed by atoms with Gasteiger partial charge >= 0.3 is 0 Å². The van der Waals surface area contributed by atoms with Crippen LogP contribution in [0.5, 0.6) is 0 Å². The highest BCUT2D eigenvalue weighted by Crippen LogP contribution is 2.01. The summed E-state index contributed by atoms with van der Waals surface area (Å²) in [5.41, 5.74) is 5.55. The second-order valence-corrected chi connectivity index (χ2v) is 2.93. The maximum atomic E-state index is 10.7. The van der Waals surface area contributed by atoms with Crippen molar-refractivity contribution in [2.24, 2.45) is 5.73 Å². The Labute approximate surface area is 78.4 Å². The first kappa shape index (κ1) is 11.5. The minimum Gasteiger partial charge on any atom is -0.385 e. The average Bonchev–Trinajstić information content (AvgIpc) is 2.04. The number of carbonyl (C=O) groups excluding carboxylic acids is 1. The predicted octanol–water partition coefficient (Wildman–Crippen LogP) is 0.657. The summed E-state index contributed by atoms with van der Waals surface area (Å²) < 4.78 is 0. The highest BCUT2D eigenvalue weighted by molar-refractivity contribution is 5.96. The van der Waals surface area contributed by atoms with E-state index >= 15 is 0 Å². The molecule has 0 aromatic carbocycles. The van der Waals surface area contributed by atoms with Gasteiger partial charge < -0.3 is 11.1 Å². The van der Waals surface area contributed by atoms with E-state index in [1.807, 2.05) is 13.8 Å². The molecule has 0 radical (unpaired) electrons. The van der Waals surface area contributed by atoms with E-state index < -0.39 is 5.91 Å². The molecule has 0 saturated heterocycles. The minimum atomic E-state index is -0.684. The van der Waals surface area contributed by atoms with Crippen molar-refractivity contribution in [2.45, 2.75) is 33.2 Å². The molecule has 0 aromatic heterocycles. The number of rotatable bonds is 4. The molecule has 0 rings (SSSR count). The van der Waals surface area contributed by atoms with Gasteiger partial charge in [-0.3, -0.25) is 4.79 Å². The number of nitriles is 1. The van der Waals surface area contributed by atoms with Gasteiger partial charge in [0.25, 0.3) is 5.91 Å². The Morgan fingerprint density at radius 2 is 2.23 bits per heavy atom. The molecule has 13 heavy (non-hydrogen) atoms. The quantitative estimate of drug-likeness (QED) is 0.494. The van der Waals surface area contributed by atoms with Gasteiger partial charge in [-0.25, -0.2) is 0 Å². The molecule has 0 spiro atoms. The van der Waals surface area contributed by atoms with E-state index in [0.29, 0.717) is 5.70 Å². The third kappa shape index (κ3) is 3.61. The largest absolute Gasteiger partial charge is 0.385 e. The van der Waals surface area contributed by atoms with Crippen LogP contribution in [-0.4, -0.2) is 11.9 Å². The van der Waals surface area contributed by atoms with E-state index in [1.54, 1.807) is 13.0 Å². The summed E-state index contributed by atoms with van der Waals surface area (Å²) in [6, 6.07) is 2.01. The van der Waals surface area contributed by atoms with Crippen LogP contribution in [-0.2, 0) is 4.79 Å². The Kier molecular flexibility index (Phi) is 4.60. The van der Waals surface area contributed by atoms with Crippen molar-refractivity contribution >= 4 is 5.91 Å². The topological polar surface area (TPSA) is 78.9 Å². The van der Waals surface area contributed by atoms with Crippen molar-refractivity contribution in [3.05, 3.63) is 11.3 Å². The fraction of sp³-hybridized carbons (Fsp3) is 0.556. The lowest BCUT2D eigenvalue weighted by Gasteiger charge is -2.13. The zero-order chi connectivity index (χ0) is 10.4. The van der Waals surface area contributed by atoms with Gasteiger partial charge in [0.1, 0.15) is 11.6 Å². The van der Waals surface area contributed by atoms with Crippen LogP contribution in [0, 0.1) is 11.3 Å². The lowest BCUT2D eigenvalue weighted by Crippen LogP contribution is -2.27. The van der Waals surface area contributed by atoms with Crippen molar-refractivity contribution in [3.63, 3.8) is 0 Å². The van der Waals surface area contributed by atoms with Gasteiger partial charge in [-0.05, 0) is 20.3 Å². The SMILES string of the molecule is CCC(C)N/C(C)=C(/C#N)C(N)=O. The molecule has 4 heteroatoms. The number of allylic oxidation sites excluding steroid dienone is 1. The molecule has 0 aromatic rings. The fourth-order valence-electron chi connectivity index (χ4n) is 0.868. The van der Waals surface area contributed by atoms with Gasteiger partial charge in [0, 0.05) is 11.7 Å². The summed E-state index contributed by atoms with van der Waals surface area (Å²) in [4.78, 5) is 10.7. The van der Waals surface area contributed by atoms with Gasteiger partial charge in [0.15, 0.2) is 0 Å². The number of carbonyl (C=O) groups is 1. The second-order valence-electron chi connectivity index (χ2n) is 2.93. The first-order valence-electron chi connectivity index (χ1n) is 4.20. The number of primary amides is 1. The van der Waals surface area contributed by atoms with E-state index in [4.69, 9.17) is 11.0 Å². The average molecular weight is 181 g/mol. The molecule has 1 unspecified atom stereocenters. The number of hydrogen-bond donors (Lipinski definition) is 2. The summed E-state index contributed by atoms with van der Waals surface area (Å²) in [7, 11) is 0.